The summed E-state index contributed by atoms with van der Waals surface area (Å²) in [5.74, 6) is -0.230. The number of carbonyl (C=O) groups is 1. The number of nitrogens with zero attached hydrogens (tertiary/aromatic N) is 1. The van der Waals surface area contributed by atoms with E-state index < -0.39 is 12.1 Å². The summed E-state index contributed by atoms with van der Waals surface area (Å²) < 4.78 is 4.97. The van der Waals surface area contributed by atoms with Crippen LogP contribution in [0, 0.1) is 0 Å². The van der Waals surface area contributed by atoms with Crippen LogP contribution in [0.15, 0.2) is 47.8 Å². The smallest absolute Gasteiger partial charge is 0.242 e. The Labute approximate surface area is 152 Å². The highest BCUT2D eigenvalue weighted by atomic mass is 35.5. The topological polar surface area (TPSA) is 75.8 Å². The lowest BCUT2D eigenvalue weighted by Gasteiger charge is -2.27. The number of benzene rings is 1. The second-order valence-electron chi connectivity index (χ2n) is 5.30. The molecule has 0 aliphatic rings. The molecule has 7 heteroatoms. The number of aliphatic hydroxyl groups is 1. The molecule has 0 fully saturated rings. The van der Waals surface area contributed by atoms with E-state index in [-0.39, 0.29) is 31.5 Å². The summed E-state index contributed by atoms with van der Waals surface area (Å²) in [5.41, 5.74) is 6.87. The summed E-state index contributed by atoms with van der Waals surface area (Å²) in [6, 6.07) is 12.6. The lowest BCUT2D eigenvalue weighted by atomic mass is 10.1. The molecule has 3 N–H and O–H groups in total. The van der Waals surface area contributed by atoms with Crippen LogP contribution in [0.1, 0.15) is 16.5 Å². The largest absolute Gasteiger partial charge is 0.386 e. The van der Waals surface area contributed by atoms with Crippen molar-refractivity contribution in [2.75, 3.05) is 20.3 Å². The van der Waals surface area contributed by atoms with Crippen LogP contribution in [-0.2, 0) is 16.1 Å². The Hall–Kier alpha value is -1.44. The van der Waals surface area contributed by atoms with E-state index >= 15 is 0 Å². The molecule has 0 aliphatic heterocycles. The molecule has 1 amide bonds. The second-order valence-corrected chi connectivity index (χ2v) is 6.28. The molecule has 1 heterocycles. The van der Waals surface area contributed by atoms with E-state index in [4.69, 9.17) is 10.5 Å². The van der Waals surface area contributed by atoms with E-state index in [1.54, 1.807) is 4.90 Å². The zero-order chi connectivity index (χ0) is 16.7. The Balaban J connectivity index is 0.00000288. The molecule has 2 atom stereocenters. The number of ether oxygens (including phenoxy) is 1. The molecule has 5 nitrogen and oxygen atoms in total. The molecule has 2 unspecified atom stereocenters. The minimum absolute atomic E-state index is 0. The summed E-state index contributed by atoms with van der Waals surface area (Å²) in [5, 5.41) is 12.3. The molecule has 0 aliphatic carbocycles. The fourth-order valence-corrected chi connectivity index (χ4v) is 3.00. The molecule has 2 rings (SSSR count). The van der Waals surface area contributed by atoms with Crippen molar-refractivity contribution in [1.29, 1.82) is 0 Å². The number of carbonyl (C=O) groups excluding carboxylic acids is 1. The normalized spacial score (nSPS) is 13.0. The summed E-state index contributed by atoms with van der Waals surface area (Å²) >= 11 is 1.47. The highest BCUT2D eigenvalue weighted by Crippen LogP contribution is 2.21. The second kappa shape index (κ2) is 10.4. The van der Waals surface area contributed by atoms with Gasteiger partial charge in [-0.25, -0.2) is 0 Å². The van der Waals surface area contributed by atoms with Crippen molar-refractivity contribution in [3.05, 3.63) is 58.3 Å². The average molecular weight is 371 g/mol. The van der Waals surface area contributed by atoms with Crippen LogP contribution >= 0.6 is 23.7 Å². The van der Waals surface area contributed by atoms with Crippen LogP contribution in [0.2, 0.25) is 0 Å². The molecule has 1 aromatic heterocycles. The first-order valence-electron chi connectivity index (χ1n) is 7.40. The predicted octanol–water partition coefficient (Wildman–Crippen LogP) is 2.21. The standard InChI is InChI=1S/C17H22N2O3S.ClH/c1-22-12-14(18)17(21)19(10-13-6-3-2-4-7-13)11-15(20)16-8-5-9-23-16;/h2-9,14-15,20H,10-12,18H2,1H3;1H. The summed E-state index contributed by atoms with van der Waals surface area (Å²) in [6.45, 7) is 0.754. The van der Waals surface area contributed by atoms with Gasteiger partial charge in [0.2, 0.25) is 5.91 Å². The summed E-state index contributed by atoms with van der Waals surface area (Å²) in [7, 11) is 1.51. The van der Waals surface area contributed by atoms with Crippen LogP contribution in [0.5, 0.6) is 0 Å². The van der Waals surface area contributed by atoms with Crippen LogP contribution in [0.3, 0.4) is 0 Å². The van der Waals surface area contributed by atoms with E-state index in [9.17, 15) is 9.90 Å². The van der Waals surface area contributed by atoms with E-state index in [1.807, 2.05) is 47.8 Å². The Morgan fingerprint density at radius 3 is 2.58 bits per heavy atom. The molecule has 24 heavy (non-hydrogen) atoms. The SMILES string of the molecule is COCC(N)C(=O)N(Cc1ccccc1)CC(O)c1cccs1.Cl. The van der Waals surface area contributed by atoms with Crippen molar-refractivity contribution in [1.82, 2.24) is 4.90 Å². The van der Waals surface area contributed by atoms with Gasteiger partial charge in [-0.15, -0.1) is 23.7 Å². The van der Waals surface area contributed by atoms with Gasteiger partial charge in [0.15, 0.2) is 0 Å². The van der Waals surface area contributed by atoms with Gasteiger partial charge in [0.25, 0.3) is 0 Å². The minimum Gasteiger partial charge on any atom is -0.386 e. The predicted molar refractivity (Wildman–Crippen MR) is 98.2 cm³/mol. The Kier molecular flexibility index (Phi) is 8.95. The first kappa shape index (κ1) is 20.6. The lowest BCUT2D eigenvalue weighted by Crippen LogP contribution is -2.47. The number of hydrogen-bond donors (Lipinski definition) is 2. The number of halogens is 1. The zero-order valence-corrected chi connectivity index (χ0v) is 15.1. The molecule has 0 saturated carbocycles. The third kappa shape index (κ3) is 5.89. The average Bonchev–Trinajstić information content (AvgIpc) is 3.09. The highest BCUT2D eigenvalue weighted by Gasteiger charge is 2.24. The van der Waals surface area contributed by atoms with E-state index in [2.05, 4.69) is 0 Å². The Bertz CT molecular complexity index is 595. The Morgan fingerprint density at radius 2 is 2.00 bits per heavy atom. The Morgan fingerprint density at radius 1 is 1.29 bits per heavy atom. The number of amides is 1. The molecule has 2 aromatic rings. The maximum absolute atomic E-state index is 12.6. The molecular weight excluding hydrogens is 348 g/mol. The number of thiophene rings is 1. The van der Waals surface area contributed by atoms with Crippen LogP contribution in [0.25, 0.3) is 0 Å². The number of hydrogen-bond acceptors (Lipinski definition) is 5. The van der Waals surface area contributed by atoms with E-state index in [0.29, 0.717) is 6.54 Å². The molecular formula is C17H23ClN2O3S. The van der Waals surface area contributed by atoms with Gasteiger partial charge in [-0.05, 0) is 17.0 Å². The molecule has 0 saturated heterocycles. The number of aliphatic hydroxyl groups excluding tert-OH is 1. The van der Waals surface area contributed by atoms with Gasteiger partial charge < -0.3 is 20.5 Å². The van der Waals surface area contributed by atoms with Crippen molar-refractivity contribution in [3.63, 3.8) is 0 Å². The van der Waals surface area contributed by atoms with Crippen molar-refractivity contribution >= 4 is 29.7 Å². The maximum atomic E-state index is 12.6. The van der Waals surface area contributed by atoms with Gasteiger partial charge in [-0.3, -0.25) is 4.79 Å². The van der Waals surface area contributed by atoms with Crippen LogP contribution in [-0.4, -0.2) is 42.2 Å². The fourth-order valence-electron chi connectivity index (χ4n) is 2.30. The quantitative estimate of drug-likeness (QED) is 0.747. The van der Waals surface area contributed by atoms with E-state index in [1.165, 1.54) is 18.4 Å². The molecule has 1 aromatic carbocycles. The van der Waals surface area contributed by atoms with Gasteiger partial charge in [0, 0.05) is 18.5 Å². The van der Waals surface area contributed by atoms with Crippen LogP contribution in [0.4, 0.5) is 0 Å². The number of nitrogens with two attached hydrogens (primary N) is 1. The molecule has 0 spiro atoms. The molecule has 0 radical (unpaired) electrons. The maximum Gasteiger partial charge on any atom is 0.242 e. The zero-order valence-electron chi connectivity index (χ0n) is 13.5. The monoisotopic (exact) mass is 370 g/mol. The highest BCUT2D eigenvalue weighted by molar-refractivity contribution is 7.10. The molecule has 0 bridgehead atoms. The lowest BCUT2D eigenvalue weighted by molar-refractivity contribution is -0.135. The summed E-state index contributed by atoms with van der Waals surface area (Å²) in [6.07, 6.45) is -0.725. The first-order valence-corrected chi connectivity index (χ1v) is 8.28. The minimum atomic E-state index is -0.737. The number of methoxy groups -OCH3 is 1. The van der Waals surface area contributed by atoms with Crippen molar-refractivity contribution in [3.8, 4) is 0 Å². The van der Waals surface area contributed by atoms with Crippen molar-refractivity contribution < 1.29 is 14.6 Å². The van der Waals surface area contributed by atoms with Gasteiger partial charge in [-0.1, -0.05) is 36.4 Å². The van der Waals surface area contributed by atoms with E-state index in [0.717, 1.165) is 10.4 Å². The van der Waals surface area contributed by atoms with Gasteiger partial charge in [0.05, 0.1) is 13.2 Å². The summed E-state index contributed by atoms with van der Waals surface area (Å²) in [4.78, 5) is 15.0. The van der Waals surface area contributed by atoms with Gasteiger partial charge in [0.1, 0.15) is 12.1 Å². The number of rotatable bonds is 8. The first-order chi connectivity index (χ1) is 11.1. The van der Waals surface area contributed by atoms with Gasteiger partial charge >= 0.3 is 0 Å². The van der Waals surface area contributed by atoms with Gasteiger partial charge in [-0.2, -0.15) is 0 Å². The third-order valence-corrected chi connectivity index (χ3v) is 4.43. The van der Waals surface area contributed by atoms with Crippen LogP contribution < -0.4 is 5.73 Å². The fraction of sp³-hybridized carbons (Fsp3) is 0.353. The van der Waals surface area contributed by atoms with Crippen molar-refractivity contribution in [2.24, 2.45) is 5.73 Å². The third-order valence-electron chi connectivity index (χ3n) is 3.46. The van der Waals surface area contributed by atoms with Crippen molar-refractivity contribution in [2.45, 2.75) is 18.7 Å². The molecule has 132 valence electrons.